The third kappa shape index (κ3) is 3.15. The van der Waals surface area contributed by atoms with Crippen LogP contribution in [0.25, 0.3) is 0 Å². The molecule has 1 heterocycles. The highest BCUT2D eigenvalue weighted by molar-refractivity contribution is 5.97. The third-order valence-electron chi connectivity index (χ3n) is 2.91. The molecule has 0 radical (unpaired) electrons. The number of amides is 1. The van der Waals surface area contributed by atoms with Gasteiger partial charge in [0.2, 0.25) is 5.91 Å². The van der Waals surface area contributed by atoms with E-state index in [1.165, 1.54) is 6.92 Å². The monoisotopic (exact) mass is 247 g/mol. The van der Waals surface area contributed by atoms with Gasteiger partial charge < -0.3 is 11.1 Å². The summed E-state index contributed by atoms with van der Waals surface area (Å²) in [4.78, 5) is 24.9. The SMILES string of the molecule is CC(=O)c1cccc(NC(=O)CN2CC(N)C2)c1. The van der Waals surface area contributed by atoms with E-state index >= 15 is 0 Å². The Balaban J connectivity index is 1.90. The van der Waals surface area contributed by atoms with Crippen molar-refractivity contribution in [3.8, 4) is 0 Å². The topological polar surface area (TPSA) is 75.4 Å². The smallest absolute Gasteiger partial charge is 0.238 e. The van der Waals surface area contributed by atoms with Crippen LogP contribution >= 0.6 is 0 Å². The first kappa shape index (κ1) is 12.7. The fraction of sp³-hybridized carbons (Fsp3) is 0.385. The Morgan fingerprint density at radius 3 is 2.78 bits per heavy atom. The highest BCUT2D eigenvalue weighted by Crippen LogP contribution is 2.12. The van der Waals surface area contributed by atoms with Crippen LogP contribution in [0, 0.1) is 0 Å². The van der Waals surface area contributed by atoms with E-state index in [1.807, 2.05) is 4.90 Å². The second kappa shape index (κ2) is 5.29. The lowest BCUT2D eigenvalue weighted by Gasteiger charge is -2.36. The molecule has 1 aromatic carbocycles. The molecule has 1 saturated heterocycles. The van der Waals surface area contributed by atoms with Gasteiger partial charge in [0.05, 0.1) is 6.54 Å². The van der Waals surface area contributed by atoms with E-state index < -0.39 is 0 Å². The maximum Gasteiger partial charge on any atom is 0.238 e. The number of nitrogens with one attached hydrogen (secondary N) is 1. The number of Topliss-reactive ketones (excluding diaryl/α,β-unsaturated/α-hetero) is 1. The molecule has 0 unspecified atom stereocenters. The molecule has 0 aliphatic carbocycles. The van der Waals surface area contributed by atoms with E-state index in [9.17, 15) is 9.59 Å². The number of nitrogens with zero attached hydrogens (tertiary/aromatic N) is 1. The fourth-order valence-corrected chi connectivity index (χ4v) is 1.96. The Hall–Kier alpha value is -1.72. The van der Waals surface area contributed by atoms with Crippen LogP contribution in [-0.2, 0) is 4.79 Å². The van der Waals surface area contributed by atoms with E-state index in [0.29, 0.717) is 17.8 Å². The van der Waals surface area contributed by atoms with Gasteiger partial charge in [0, 0.05) is 30.4 Å². The second-order valence-electron chi connectivity index (χ2n) is 4.64. The minimum atomic E-state index is -0.0809. The van der Waals surface area contributed by atoms with E-state index in [2.05, 4.69) is 5.32 Å². The summed E-state index contributed by atoms with van der Waals surface area (Å²) in [6, 6.07) is 7.13. The number of carbonyl (C=O) groups excluding carboxylic acids is 2. The molecule has 1 aliphatic heterocycles. The van der Waals surface area contributed by atoms with Crippen LogP contribution in [0.1, 0.15) is 17.3 Å². The molecule has 1 aliphatic rings. The third-order valence-corrected chi connectivity index (χ3v) is 2.91. The van der Waals surface area contributed by atoms with Gasteiger partial charge in [-0.05, 0) is 19.1 Å². The van der Waals surface area contributed by atoms with Crippen LogP contribution in [-0.4, -0.2) is 42.3 Å². The van der Waals surface area contributed by atoms with Crippen molar-refractivity contribution >= 4 is 17.4 Å². The van der Waals surface area contributed by atoms with Crippen LogP contribution in [0.2, 0.25) is 0 Å². The number of hydrogen-bond donors (Lipinski definition) is 2. The van der Waals surface area contributed by atoms with Gasteiger partial charge in [0.25, 0.3) is 0 Å². The zero-order valence-corrected chi connectivity index (χ0v) is 10.3. The lowest BCUT2D eigenvalue weighted by Crippen LogP contribution is -2.57. The van der Waals surface area contributed by atoms with E-state index in [4.69, 9.17) is 5.73 Å². The second-order valence-corrected chi connectivity index (χ2v) is 4.64. The Bertz CT molecular complexity index is 467. The number of hydrogen-bond acceptors (Lipinski definition) is 4. The fourth-order valence-electron chi connectivity index (χ4n) is 1.96. The highest BCUT2D eigenvalue weighted by Gasteiger charge is 2.24. The Morgan fingerprint density at radius 2 is 2.17 bits per heavy atom. The van der Waals surface area contributed by atoms with Gasteiger partial charge in [-0.2, -0.15) is 0 Å². The zero-order valence-electron chi connectivity index (χ0n) is 10.3. The molecule has 5 heteroatoms. The molecule has 1 aromatic rings. The minimum absolute atomic E-state index is 0.0141. The van der Waals surface area contributed by atoms with Crippen LogP contribution in [0.5, 0.6) is 0 Å². The lowest BCUT2D eigenvalue weighted by atomic mass is 10.1. The average Bonchev–Trinajstić information content (AvgIpc) is 2.27. The van der Waals surface area contributed by atoms with Crippen molar-refractivity contribution in [1.82, 2.24) is 4.90 Å². The number of carbonyl (C=O) groups is 2. The van der Waals surface area contributed by atoms with Gasteiger partial charge >= 0.3 is 0 Å². The van der Waals surface area contributed by atoms with Gasteiger partial charge in [-0.1, -0.05) is 12.1 Å². The molecule has 1 amide bonds. The van der Waals surface area contributed by atoms with Crippen molar-refractivity contribution in [2.24, 2.45) is 5.73 Å². The lowest BCUT2D eigenvalue weighted by molar-refractivity contribution is -0.118. The quantitative estimate of drug-likeness (QED) is 0.758. The number of ketones is 1. The van der Waals surface area contributed by atoms with E-state index in [-0.39, 0.29) is 17.7 Å². The molecule has 0 aromatic heterocycles. The first-order chi connectivity index (χ1) is 8.54. The van der Waals surface area contributed by atoms with Crippen LogP contribution < -0.4 is 11.1 Å². The van der Waals surface area contributed by atoms with Crippen molar-refractivity contribution in [2.45, 2.75) is 13.0 Å². The molecule has 3 N–H and O–H groups in total. The van der Waals surface area contributed by atoms with E-state index in [1.54, 1.807) is 24.3 Å². The van der Waals surface area contributed by atoms with Crippen molar-refractivity contribution < 1.29 is 9.59 Å². The number of anilines is 1. The van der Waals surface area contributed by atoms with Crippen molar-refractivity contribution in [3.05, 3.63) is 29.8 Å². The van der Waals surface area contributed by atoms with Crippen LogP contribution in [0.4, 0.5) is 5.69 Å². The molecule has 0 saturated carbocycles. The first-order valence-electron chi connectivity index (χ1n) is 5.93. The number of rotatable bonds is 4. The summed E-state index contributed by atoms with van der Waals surface area (Å²) in [6.07, 6.45) is 0. The van der Waals surface area contributed by atoms with Gasteiger partial charge in [-0.15, -0.1) is 0 Å². The number of benzene rings is 1. The summed E-state index contributed by atoms with van der Waals surface area (Å²) in [5.41, 5.74) is 6.89. The van der Waals surface area contributed by atoms with Crippen molar-refractivity contribution in [1.29, 1.82) is 0 Å². The van der Waals surface area contributed by atoms with Crippen molar-refractivity contribution in [3.63, 3.8) is 0 Å². The van der Waals surface area contributed by atoms with E-state index in [0.717, 1.165) is 13.1 Å². The molecular weight excluding hydrogens is 230 g/mol. The Kier molecular flexibility index (Phi) is 3.74. The summed E-state index contributed by atoms with van der Waals surface area (Å²) >= 11 is 0. The summed E-state index contributed by atoms with van der Waals surface area (Å²) in [5.74, 6) is -0.0950. The molecule has 5 nitrogen and oxygen atoms in total. The average molecular weight is 247 g/mol. The standard InChI is InChI=1S/C13H17N3O2/c1-9(17)10-3-2-4-12(5-10)15-13(18)8-16-6-11(14)7-16/h2-5,11H,6-8,14H2,1H3,(H,15,18). The minimum Gasteiger partial charge on any atom is -0.325 e. The van der Waals surface area contributed by atoms with Gasteiger partial charge in [0.1, 0.15) is 0 Å². The predicted molar refractivity (Wildman–Crippen MR) is 69.5 cm³/mol. The molecule has 18 heavy (non-hydrogen) atoms. The molecule has 96 valence electrons. The summed E-state index contributed by atoms with van der Waals surface area (Å²) in [7, 11) is 0. The molecule has 0 bridgehead atoms. The van der Waals surface area contributed by atoms with Crippen LogP contribution in [0.3, 0.4) is 0 Å². The largest absolute Gasteiger partial charge is 0.325 e. The Morgan fingerprint density at radius 1 is 1.44 bits per heavy atom. The molecule has 2 rings (SSSR count). The number of nitrogens with two attached hydrogens (primary N) is 1. The first-order valence-corrected chi connectivity index (χ1v) is 5.93. The molecule has 0 atom stereocenters. The summed E-state index contributed by atoms with van der Waals surface area (Å²) < 4.78 is 0. The van der Waals surface area contributed by atoms with Gasteiger partial charge in [0.15, 0.2) is 5.78 Å². The molecule has 1 fully saturated rings. The summed E-state index contributed by atoms with van der Waals surface area (Å²) in [6.45, 7) is 3.38. The molecule has 0 spiro atoms. The van der Waals surface area contributed by atoms with Gasteiger partial charge in [-0.25, -0.2) is 0 Å². The van der Waals surface area contributed by atoms with Gasteiger partial charge in [-0.3, -0.25) is 14.5 Å². The maximum absolute atomic E-state index is 11.7. The molecular formula is C13H17N3O2. The number of likely N-dealkylation sites (tertiary alicyclic amines) is 1. The van der Waals surface area contributed by atoms with Crippen LogP contribution in [0.15, 0.2) is 24.3 Å². The van der Waals surface area contributed by atoms with Crippen molar-refractivity contribution in [2.75, 3.05) is 25.0 Å². The zero-order chi connectivity index (χ0) is 13.1. The summed E-state index contributed by atoms with van der Waals surface area (Å²) in [5, 5.41) is 2.78. The predicted octanol–water partition coefficient (Wildman–Crippen LogP) is 0.471. The maximum atomic E-state index is 11.7. The highest BCUT2D eigenvalue weighted by atomic mass is 16.2. The Labute approximate surface area is 106 Å². The normalized spacial score (nSPS) is 16.1.